The van der Waals surface area contributed by atoms with Gasteiger partial charge in [-0.3, -0.25) is 4.79 Å². The molecule has 0 aliphatic carbocycles. The summed E-state index contributed by atoms with van der Waals surface area (Å²) < 4.78 is 22.4. The third-order valence-electron chi connectivity index (χ3n) is 4.63. The molecule has 5 nitrogen and oxygen atoms in total. The van der Waals surface area contributed by atoms with Crippen molar-refractivity contribution in [1.82, 2.24) is 9.80 Å². The zero-order valence-electron chi connectivity index (χ0n) is 13.1. The van der Waals surface area contributed by atoms with Crippen molar-refractivity contribution in [3.63, 3.8) is 0 Å². The summed E-state index contributed by atoms with van der Waals surface area (Å²) in [5.74, 6) is 0.704. The van der Waals surface area contributed by atoms with Crippen molar-refractivity contribution in [3.05, 3.63) is 0 Å². The fourth-order valence-electron chi connectivity index (χ4n) is 3.25. The quantitative estimate of drug-likeness (QED) is 0.780. The number of hydrogen-bond acceptors (Lipinski definition) is 4. The predicted molar refractivity (Wildman–Crippen MR) is 83.9 cm³/mol. The van der Waals surface area contributed by atoms with E-state index in [1.54, 1.807) is 0 Å². The fraction of sp³-hybridized carbons (Fsp3) is 0.933. The summed E-state index contributed by atoms with van der Waals surface area (Å²) in [4.78, 5) is 16.8. The van der Waals surface area contributed by atoms with Crippen LogP contribution in [0.4, 0.5) is 0 Å². The van der Waals surface area contributed by atoms with Gasteiger partial charge in [0.25, 0.3) is 0 Å². The van der Waals surface area contributed by atoms with Crippen LogP contribution in [0.5, 0.6) is 0 Å². The highest BCUT2D eigenvalue weighted by molar-refractivity contribution is 7.90. The first-order chi connectivity index (χ1) is 9.96. The first-order valence-corrected chi connectivity index (χ1v) is 10.2. The van der Waals surface area contributed by atoms with Gasteiger partial charge in [-0.1, -0.05) is 12.8 Å². The lowest BCUT2D eigenvalue weighted by Crippen LogP contribution is -2.43. The minimum absolute atomic E-state index is 0.151. The van der Waals surface area contributed by atoms with Gasteiger partial charge in [-0.15, -0.1) is 0 Å². The van der Waals surface area contributed by atoms with Crippen molar-refractivity contribution in [2.24, 2.45) is 5.92 Å². The Morgan fingerprint density at radius 2 is 1.57 bits per heavy atom. The van der Waals surface area contributed by atoms with Gasteiger partial charge in [0.15, 0.2) is 0 Å². The van der Waals surface area contributed by atoms with Gasteiger partial charge in [0, 0.05) is 31.8 Å². The number of nitrogens with zero attached hydrogens (tertiary/aromatic N) is 2. The second kappa shape index (κ2) is 7.58. The molecule has 0 atom stereocenters. The van der Waals surface area contributed by atoms with Crippen molar-refractivity contribution in [1.29, 1.82) is 0 Å². The molecule has 122 valence electrons. The van der Waals surface area contributed by atoms with Gasteiger partial charge in [0.1, 0.15) is 9.84 Å². The van der Waals surface area contributed by atoms with Crippen LogP contribution in [0.1, 0.15) is 38.5 Å². The summed E-state index contributed by atoms with van der Waals surface area (Å²) in [6.45, 7) is 4.14. The van der Waals surface area contributed by atoms with Crippen LogP contribution in [0.2, 0.25) is 0 Å². The molecule has 0 aromatic carbocycles. The predicted octanol–water partition coefficient (Wildman–Crippen LogP) is 1.15. The van der Waals surface area contributed by atoms with Gasteiger partial charge in [0.2, 0.25) is 5.91 Å². The number of carbonyl (C=O) groups is 1. The average molecular weight is 316 g/mol. The molecule has 0 aromatic rings. The van der Waals surface area contributed by atoms with Crippen molar-refractivity contribution in [2.45, 2.75) is 38.5 Å². The Bertz CT molecular complexity index is 434. The summed E-state index contributed by atoms with van der Waals surface area (Å²) in [6, 6.07) is 0. The molecule has 0 aromatic heterocycles. The molecule has 0 bridgehead atoms. The molecule has 2 aliphatic heterocycles. The normalized spacial score (nSPS) is 23.0. The second-order valence-corrected chi connectivity index (χ2v) is 8.75. The van der Waals surface area contributed by atoms with Crippen LogP contribution < -0.4 is 0 Å². The summed E-state index contributed by atoms with van der Waals surface area (Å²) in [5.41, 5.74) is 0. The van der Waals surface area contributed by atoms with Gasteiger partial charge in [-0.05, 0) is 38.8 Å². The number of likely N-dealkylation sites (tertiary alicyclic amines) is 2. The number of carbonyl (C=O) groups excluding carboxylic acids is 1. The smallest absolute Gasteiger partial charge is 0.225 e. The molecule has 0 unspecified atom stereocenters. The maximum atomic E-state index is 12.5. The van der Waals surface area contributed by atoms with E-state index >= 15 is 0 Å². The zero-order valence-corrected chi connectivity index (χ0v) is 13.9. The van der Waals surface area contributed by atoms with Crippen LogP contribution >= 0.6 is 0 Å². The van der Waals surface area contributed by atoms with E-state index in [-0.39, 0.29) is 11.7 Å². The van der Waals surface area contributed by atoms with E-state index < -0.39 is 9.84 Å². The van der Waals surface area contributed by atoms with Crippen LogP contribution in [0.3, 0.4) is 0 Å². The summed E-state index contributed by atoms with van der Waals surface area (Å²) in [7, 11) is -2.89. The Morgan fingerprint density at radius 1 is 1.00 bits per heavy atom. The number of rotatable bonds is 4. The molecule has 2 saturated heterocycles. The Labute approximate surface area is 128 Å². The minimum Gasteiger partial charge on any atom is -0.342 e. The van der Waals surface area contributed by atoms with Gasteiger partial charge in [0.05, 0.1) is 5.75 Å². The molecule has 21 heavy (non-hydrogen) atoms. The maximum absolute atomic E-state index is 12.5. The van der Waals surface area contributed by atoms with E-state index in [4.69, 9.17) is 0 Å². The largest absolute Gasteiger partial charge is 0.342 e. The van der Waals surface area contributed by atoms with Crippen molar-refractivity contribution >= 4 is 15.7 Å². The molecular weight excluding hydrogens is 288 g/mol. The van der Waals surface area contributed by atoms with E-state index in [0.29, 0.717) is 12.5 Å². The van der Waals surface area contributed by atoms with E-state index in [1.165, 1.54) is 19.1 Å². The third-order valence-corrected chi connectivity index (χ3v) is 5.56. The SMILES string of the molecule is CS(=O)(=O)CCN1CCC(C(=O)N2CCCCCC2)CC1. The molecule has 2 rings (SSSR count). The van der Waals surface area contributed by atoms with E-state index in [1.807, 2.05) is 0 Å². The van der Waals surface area contributed by atoms with Crippen LogP contribution in [0.25, 0.3) is 0 Å². The lowest BCUT2D eigenvalue weighted by atomic mass is 9.95. The Morgan fingerprint density at radius 3 is 2.10 bits per heavy atom. The Balaban J connectivity index is 1.76. The number of sulfone groups is 1. The van der Waals surface area contributed by atoms with E-state index in [9.17, 15) is 13.2 Å². The Hall–Kier alpha value is -0.620. The molecule has 0 N–H and O–H groups in total. The van der Waals surface area contributed by atoms with E-state index in [0.717, 1.165) is 51.9 Å². The highest BCUT2D eigenvalue weighted by Crippen LogP contribution is 2.21. The summed E-state index contributed by atoms with van der Waals surface area (Å²) in [5, 5.41) is 0. The fourth-order valence-corrected chi connectivity index (χ4v) is 3.84. The van der Waals surface area contributed by atoms with Gasteiger partial charge in [-0.2, -0.15) is 0 Å². The molecule has 2 fully saturated rings. The monoisotopic (exact) mass is 316 g/mol. The van der Waals surface area contributed by atoms with Crippen LogP contribution in [0, 0.1) is 5.92 Å². The molecule has 2 heterocycles. The standard InChI is InChI=1S/C15H28N2O3S/c1-21(19,20)13-12-16-10-6-14(7-11-16)15(18)17-8-4-2-3-5-9-17/h14H,2-13H2,1H3. The second-order valence-electron chi connectivity index (χ2n) is 6.49. The lowest BCUT2D eigenvalue weighted by molar-refractivity contribution is -0.137. The number of amides is 1. The molecule has 0 saturated carbocycles. The Kier molecular flexibility index (Phi) is 6.05. The highest BCUT2D eigenvalue weighted by atomic mass is 32.2. The topological polar surface area (TPSA) is 57.7 Å². The first kappa shape index (κ1) is 16.7. The minimum atomic E-state index is -2.89. The van der Waals surface area contributed by atoms with E-state index in [2.05, 4.69) is 9.80 Å². The number of piperidine rings is 1. The molecule has 6 heteroatoms. The zero-order chi connectivity index (χ0) is 15.3. The van der Waals surface area contributed by atoms with Gasteiger partial charge >= 0.3 is 0 Å². The van der Waals surface area contributed by atoms with Crippen molar-refractivity contribution < 1.29 is 13.2 Å². The third kappa shape index (κ3) is 5.58. The van der Waals surface area contributed by atoms with Crippen LogP contribution in [-0.4, -0.2) is 68.9 Å². The molecule has 0 spiro atoms. The number of hydrogen-bond donors (Lipinski definition) is 0. The van der Waals surface area contributed by atoms with Crippen molar-refractivity contribution in [3.8, 4) is 0 Å². The highest BCUT2D eigenvalue weighted by Gasteiger charge is 2.28. The first-order valence-electron chi connectivity index (χ1n) is 8.14. The molecule has 0 radical (unpaired) electrons. The average Bonchev–Trinajstić information content (AvgIpc) is 2.73. The molecule has 1 amide bonds. The maximum Gasteiger partial charge on any atom is 0.225 e. The van der Waals surface area contributed by atoms with Gasteiger partial charge < -0.3 is 9.80 Å². The van der Waals surface area contributed by atoms with Crippen molar-refractivity contribution in [2.75, 3.05) is 44.7 Å². The summed E-state index contributed by atoms with van der Waals surface area (Å²) >= 11 is 0. The molecular formula is C15H28N2O3S. The molecule has 2 aliphatic rings. The van der Waals surface area contributed by atoms with Crippen LogP contribution in [0.15, 0.2) is 0 Å². The lowest BCUT2D eigenvalue weighted by Gasteiger charge is -2.33. The van der Waals surface area contributed by atoms with Crippen LogP contribution in [-0.2, 0) is 14.6 Å². The summed E-state index contributed by atoms with van der Waals surface area (Å²) in [6.07, 6.45) is 7.79. The van der Waals surface area contributed by atoms with Gasteiger partial charge in [-0.25, -0.2) is 8.42 Å².